The summed E-state index contributed by atoms with van der Waals surface area (Å²) in [6.07, 6.45) is 7.61. The van der Waals surface area contributed by atoms with E-state index in [4.69, 9.17) is 0 Å². The average Bonchev–Trinajstić information content (AvgIpc) is 2.75. The summed E-state index contributed by atoms with van der Waals surface area (Å²) in [6.45, 7) is 3.38. The van der Waals surface area contributed by atoms with Crippen molar-refractivity contribution in [1.82, 2.24) is 10.2 Å². The Bertz CT molecular complexity index is 785. The maximum absolute atomic E-state index is 12.6. The monoisotopic (exact) mass is 362 g/mol. The number of rotatable bonds is 5. The van der Waals surface area contributed by atoms with Crippen LogP contribution in [0.15, 0.2) is 29.2 Å². The van der Waals surface area contributed by atoms with E-state index in [0.717, 1.165) is 5.69 Å². The number of anilines is 2. The molecule has 1 fully saturated rings. The fourth-order valence-corrected chi connectivity index (χ4v) is 4.87. The first-order chi connectivity index (χ1) is 12.0. The second kappa shape index (κ2) is 7.47. The first-order valence-corrected chi connectivity index (χ1v) is 10.3. The van der Waals surface area contributed by atoms with Crippen molar-refractivity contribution < 1.29 is 8.42 Å². The fraction of sp³-hybridized carbons (Fsp3) is 0.500. The molecule has 1 heterocycles. The van der Waals surface area contributed by atoms with Crippen LogP contribution in [0.25, 0.3) is 0 Å². The van der Waals surface area contributed by atoms with Crippen LogP contribution in [0.1, 0.15) is 49.9 Å². The highest BCUT2D eigenvalue weighted by Gasteiger charge is 2.22. The molecule has 0 unspecified atom stereocenters. The van der Waals surface area contributed by atoms with Crippen LogP contribution in [0.5, 0.6) is 0 Å². The summed E-state index contributed by atoms with van der Waals surface area (Å²) in [7, 11) is -3.64. The van der Waals surface area contributed by atoms with Crippen LogP contribution in [0.2, 0.25) is 0 Å². The van der Waals surface area contributed by atoms with Crippen molar-refractivity contribution in [2.24, 2.45) is 0 Å². The normalized spacial score (nSPS) is 16.4. The minimum atomic E-state index is -3.64. The number of nitrogens with zero attached hydrogens (tertiary/aromatic N) is 1. The first kappa shape index (κ1) is 17.8. The molecule has 0 radical (unpaired) electrons. The minimum Gasteiger partial charge on any atom is -0.382 e. The molecule has 1 saturated carbocycles. The van der Waals surface area contributed by atoms with E-state index < -0.39 is 10.0 Å². The van der Waals surface area contributed by atoms with E-state index in [9.17, 15) is 8.42 Å². The molecule has 25 heavy (non-hydrogen) atoms. The third-order valence-corrected chi connectivity index (χ3v) is 6.34. The Morgan fingerprint density at radius 1 is 1.00 bits per heavy atom. The predicted molar refractivity (Wildman–Crippen MR) is 100 cm³/mol. The van der Waals surface area contributed by atoms with E-state index in [1.807, 2.05) is 12.1 Å². The lowest BCUT2D eigenvalue weighted by Gasteiger charge is -2.18. The van der Waals surface area contributed by atoms with Crippen LogP contribution in [-0.4, -0.2) is 24.7 Å². The van der Waals surface area contributed by atoms with Gasteiger partial charge in [-0.3, -0.25) is 9.82 Å². The van der Waals surface area contributed by atoms with Gasteiger partial charge in [-0.15, -0.1) is 0 Å². The molecule has 3 N–H and O–H groups in total. The Labute approximate surface area is 149 Å². The van der Waals surface area contributed by atoms with Crippen LogP contribution in [0.4, 0.5) is 11.4 Å². The first-order valence-electron chi connectivity index (χ1n) is 8.87. The third kappa shape index (κ3) is 4.34. The van der Waals surface area contributed by atoms with E-state index in [2.05, 4.69) is 20.2 Å². The van der Waals surface area contributed by atoms with Gasteiger partial charge in [0.25, 0.3) is 10.0 Å². The Hall–Kier alpha value is -2.02. The second-order valence-corrected chi connectivity index (χ2v) is 8.40. The van der Waals surface area contributed by atoms with Crippen molar-refractivity contribution in [2.75, 3.05) is 10.0 Å². The summed E-state index contributed by atoms with van der Waals surface area (Å²) in [4.78, 5) is 0.216. The lowest BCUT2D eigenvalue weighted by molar-refractivity contribution is 0.600. The molecular weight excluding hydrogens is 336 g/mol. The van der Waals surface area contributed by atoms with Crippen LogP contribution in [0, 0.1) is 13.8 Å². The summed E-state index contributed by atoms with van der Waals surface area (Å²) >= 11 is 0. The largest absolute Gasteiger partial charge is 0.382 e. The number of aromatic nitrogens is 2. The van der Waals surface area contributed by atoms with Crippen LogP contribution >= 0.6 is 0 Å². The summed E-state index contributed by atoms with van der Waals surface area (Å²) < 4.78 is 27.7. The fourth-order valence-electron chi connectivity index (χ4n) is 3.44. The lowest BCUT2D eigenvalue weighted by atomic mass is 10.1. The van der Waals surface area contributed by atoms with Gasteiger partial charge in [-0.1, -0.05) is 25.7 Å². The molecule has 0 atom stereocenters. The number of aromatic amines is 1. The van der Waals surface area contributed by atoms with Gasteiger partial charge >= 0.3 is 0 Å². The van der Waals surface area contributed by atoms with Gasteiger partial charge in [0.1, 0.15) is 4.90 Å². The smallest absolute Gasteiger partial charge is 0.265 e. The van der Waals surface area contributed by atoms with Crippen LogP contribution in [-0.2, 0) is 10.0 Å². The molecule has 0 amide bonds. The minimum absolute atomic E-state index is 0.216. The zero-order valence-corrected chi connectivity index (χ0v) is 15.6. The van der Waals surface area contributed by atoms with Crippen molar-refractivity contribution in [1.29, 1.82) is 0 Å². The molecule has 1 aliphatic carbocycles. The number of H-pyrrole nitrogens is 1. The van der Waals surface area contributed by atoms with E-state index in [1.54, 1.807) is 26.0 Å². The van der Waals surface area contributed by atoms with E-state index in [0.29, 0.717) is 23.1 Å². The molecule has 3 rings (SSSR count). The van der Waals surface area contributed by atoms with Gasteiger partial charge < -0.3 is 5.32 Å². The second-order valence-electron chi connectivity index (χ2n) is 6.78. The maximum atomic E-state index is 12.6. The highest BCUT2D eigenvalue weighted by molar-refractivity contribution is 7.92. The van der Waals surface area contributed by atoms with Crippen LogP contribution < -0.4 is 10.0 Å². The molecule has 0 aliphatic heterocycles. The molecule has 1 aromatic heterocycles. The van der Waals surface area contributed by atoms with E-state index >= 15 is 0 Å². The molecule has 6 nitrogen and oxygen atoms in total. The van der Waals surface area contributed by atoms with Crippen molar-refractivity contribution in [2.45, 2.75) is 63.3 Å². The molecule has 0 spiro atoms. The Morgan fingerprint density at radius 3 is 2.16 bits per heavy atom. The molecule has 2 aromatic rings. The number of nitrogens with one attached hydrogen (secondary N) is 3. The van der Waals surface area contributed by atoms with Gasteiger partial charge in [0, 0.05) is 17.4 Å². The zero-order valence-electron chi connectivity index (χ0n) is 14.8. The van der Waals surface area contributed by atoms with Gasteiger partial charge in [-0.2, -0.15) is 5.10 Å². The summed E-state index contributed by atoms with van der Waals surface area (Å²) in [5.41, 5.74) is 2.59. The Morgan fingerprint density at radius 2 is 1.60 bits per heavy atom. The van der Waals surface area contributed by atoms with Crippen molar-refractivity contribution in [3.63, 3.8) is 0 Å². The third-order valence-electron chi connectivity index (χ3n) is 4.69. The van der Waals surface area contributed by atoms with Crippen molar-refractivity contribution in [3.8, 4) is 0 Å². The van der Waals surface area contributed by atoms with Crippen molar-refractivity contribution in [3.05, 3.63) is 35.7 Å². The predicted octanol–water partition coefficient (Wildman–Crippen LogP) is 3.96. The quantitative estimate of drug-likeness (QED) is 0.703. The number of benzene rings is 1. The van der Waals surface area contributed by atoms with Gasteiger partial charge in [0.15, 0.2) is 0 Å². The van der Waals surface area contributed by atoms with E-state index in [-0.39, 0.29) is 4.90 Å². The number of aryl methyl sites for hydroxylation is 2. The van der Waals surface area contributed by atoms with E-state index in [1.165, 1.54) is 38.5 Å². The summed E-state index contributed by atoms with van der Waals surface area (Å²) in [6, 6.07) is 7.96. The number of hydrogen-bond acceptors (Lipinski definition) is 4. The lowest BCUT2D eigenvalue weighted by Crippen LogP contribution is -2.18. The molecular formula is C18H26N4O2S. The molecule has 0 bridgehead atoms. The molecule has 136 valence electrons. The SMILES string of the molecule is Cc1n[nH]c(C)c1S(=O)(=O)Nc1ccc(NC2CCCCCC2)cc1. The average molecular weight is 362 g/mol. The topological polar surface area (TPSA) is 86.9 Å². The Kier molecular flexibility index (Phi) is 5.32. The maximum Gasteiger partial charge on any atom is 0.265 e. The molecule has 1 aliphatic rings. The van der Waals surface area contributed by atoms with Gasteiger partial charge in [0.05, 0.1) is 11.4 Å². The number of sulfonamides is 1. The van der Waals surface area contributed by atoms with Crippen molar-refractivity contribution >= 4 is 21.4 Å². The standard InChI is InChI=1S/C18H26N4O2S/c1-13-18(14(2)21-20-13)25(23,24)22-17-11-9-16(10-12-17)19-15-7-5-3-4-6-8-15/h9-12,15,19,22H,3-8H2,1-2H3,(H,20,21). The number of hydrogen-bond donors (Lipinski definition) is 3. The summed E-state index contributed by atoms with van der Waals surface area (Å²) in [5.74, 6) is 0. The van der Waals surface area contributed by atoms with Gasteiger partial charge in [0.2, 0.25) is 0 Å². The highest BCUT2D eigenvalue weighted by Crippen LogP contribution is 2.24. The molecule has 0 saturated heterocycles. The zero-order chi connectivity index (χ0) is 17.9. The highest BCUT2D eigenvalue weighted by atomic mass is 32.2. The Balaban J connectivity index is 1.68. The van der Waals surface area contributed by atoms with Gasteiger partial charge in [-0.25, -0.2) is 8.42 Å². The van der Waals surface area contributed by atoms with Crippen LogP contribution in [0.3, 0.4) is 0 Å². The summed E-state index contributed by atoms with van der Waals surface area (Å²) in [5, 5.41) is 10.2. The van der Waals surface area contributed by atoms with Gasteiger partial charge in [-0.05, 0) is 51.0 Å². The molecule has 1 aromatic carbocycles. The molecule has 7 heteroatoms.